The molecule has 18 heavy (non-hydrogen) atoms. The summed E-state index contributed by atoms with van der Waals surface area (Å²) in [6.07, 6.45) is 1.43. The third-order valence-corrected chi connectivity index (χ3v) is 5.18. The highest BCUT2D eigenvalue weighted by Gasteiger charge is 2.13. The summed E-state index contributed by atoms with van der Waals surface area (Å²) in [4.78, 5) is 14.6. The third-order valence-electron chi connectivity index (χ3n) is 2.65. The average molecular weight is 344 g/mol. The summed E-state index contributed by atoms with van der Waals surface area (Å²) in [6, 6.07) is 9.53. The zero-order chi connectivity index (χ0) is 13.1. The number of carbonyl (C=O) groups is 1. The van der Waals surface area contributed by atoms with E-state index in [9.17, 15) is 4.79 Å². The predicted molar refractivity (Wildman–Crippen MR) is 80.9 cm³/mol. The van der Waals surface area contributed by atoms with E-state index in [1.165, 1.54) is 4.88 Å². The van der Waals surface area contributed by atoms with Crippen LogP contribution in [0.5, 0.6) is 0 Å². The average Bonchev–Trinajstić information content (AvgIpc) is 2.80. The summed E-state index contributed by atoms with van der Waals surface area (Å²) < 4.78 is 0.760. The van der Waals surface area contributed by atoms with Gasteiger partial charge in [0.25, 0.3) is 0 Å². The fourth-order valence-electron chi connectivity index (χ4n) is 1.68. The fourth-order valence-corrected chi connectivity index (χ4v) is 3.23. The Morgan fingerprint density at radius 2 is 2.00 bits per heavy atom. The number of thiophene rings is 1. The molecule has 0 saturated heterocycles. The lowest BCUT2D eigenvalue weighted by molar-refractivity contribution is 0.0994. The lowest BCUT2D eigenvalue weighted by Gasteiger charge is -2.03. The minimum Gasteiger partial charge on any atom is -0.294 e. The highest BCUT2D eigenvalue weighted by atomic mass is 79.9. The van der Waals surface area contributed by atoms with E-state index in [2.05, 4.69) is 28.9 Å². The van der Waals surface area contributed by atoms with Gasteiger partial charge < -0.3 is 0 Å². The summed E-state index contributed by atoms with van der Waals surface area (Å²) in [5, 5.41) is 0.495. The van der Waals surface area contributed by atoms with E-state index >= 15 is 0 Å². The van der Waals surface area contributed by atoms with Gasteiger partial charge in [0.15, 0.2) is 5.78 Å². The second kappa shape index (κ2) is 6.00. The van der Waals surface area contributed by atoms with Crippen molar-refractivity contribution in [3.8, 4) is 0 Å². The van der Waals surface area contributed by atoms with Crippen molar-refractivity contribution in [1.82, 2.24) is 0 Å². The van der Waals surface area contributed by atoms with Gasteiger partial charge in [-0.05, 0) is 46.6 Å². The Morgan fingerprint density at radius 3 is 2.67 bits per heavy atom. The molecule has 0 radical (unpaired) electrons. The van der Waals surface area contributed by atoms with E-state index in [0.29, 0.717) is 17.0 Å². The van der Waals surface area contributed by atoms with Crippen LogP contribution in [0.4, 0.5) is 0 Å². The monoisotopic (exact) mass is 342 g/mol. The first-order chi connectivity index (χ1) is 8.61. The molecule has 1 aromatic carbocycles. The van der Waals surface area contributed by atoms with Crippen LogP contribution >= 0.6 is 38.9 Å². The Morgan fingerprint density at radius 1 is 1.28 bits per heavy atom. The Balaban J connectivity index is 2.19. The van der Waals surface area contributed by atoms with Crippen LogP contribution < -0.4 is 0 Å². The van der Waals surface area contributed by atoms with Gasteiger partial charge in [-0.25, -0.2) is 0 Å². The van der Waals surface area contributed by atoms with Crippen LogP contribution in [0.3, 0.4) is 0 Å². The molecule has 0 amide bonds. The minimum atomic E-state index is 0.0609. The van der Waals surface area contributed by atoms with Gasteiger partial charge in [0, 0.05) is 26.2 Å². The smallest absolute Gasteiger partial charge is 0.169 e. The van der Waals surface area contributed by atoms with Crippen LogP contribution in [0, 0.1) is 0 Å². The maximum atomic E-state index is 12.2. The first-order valence-electron chi connectivity index (χ1n) is 5.66. The van der Waals surface area contributed by atoms with Crippen LogP contribution in [0.2, 0.25) is 5.02 Å². The van der Waals surface area contributed by atoms with Gasteiger partial charge >= 0.3 is 0 Å². The molecule has 2 aromatic rings. The van der Waals surface area contributed by atoms with Crippen LogP contribution in [0.15, 0.2) is 34.8 Å². The molecule has 0 atom stereocenters. The topological polar surface area (TPSA) is 17.1 Å². The number of hydrogen-bond donors (Lipinski definition) is 0. The Kier molecular flexibility index (Phi) is 4.60. The van der Waals surface area contributed by atoms with Crippen LogP contribution in [-0.2, 0) is 12.8 Å². The number of Topliss-reactive ketones (excluding diaryl/α,β-unsaturated/α-hetero) is 1. The van der Waals surface area contributed by atoms with Gasteiger partial charge in [-0.1, -0.05) is 24.6 Å². The lowest BCUT2D eigenvalue weighted by Crippen LogP contribution is -2.03. The second-order valence-corrected chi connectivity index (χ2v) is 6.41. The van der Waals surface area contributed by atoms with Gasteiger partial charge in [0.1, 0.15) is 0 Å². The molecule has 0 aliphatic rings. The van der Waals surface area contributed by atoms with E-state index in [1.54, 1.807) is 17.4 Å². The van der Waals surface area contributed by atoms with Gasteiger partial charge in [-0.3, -0.25) is 4.79 Å². The summed E-state index contributed by atoms with van der Waals surface area (Å²) in [5.41, 5.74) is 0.581. The molecule has 0 aliphatic heterocycles. The van der Waals surface area contributed by atoms with Crippen LogP contribution in [-0.4, -0.2) is 5.78 Å². The molecule has 0 spiro atoms. The van der Waals surface area contributed by atoms with E-state index < -0.39 is 0 Å². The number of ketones is 1. The SMILES string of the molecule is CCc1ccc(CC(=O)c2cccc(Br)c2Cl)s1. The number of hydrogen-bond acceptors (Lipinski definition) is 2. The molecule has 0 bridgehead atoms. The molecule has 2 rings (SSSR count). The number of carbonyl (C=O) groups excluding carboxylic acids is 1. The molecule has 0 saturated carbocycles. The van der Waals surface area contributed by atoms with Crippen molar-refractivity contribution in [2.45, 2.75) is 19.8 Å². The Labute approximate surface area is 124 Å². The number of benzene rings is 1. The lowest BCUT2D eigenvalue weighted by atomic mass is 10.1. The highest BCUT2D eigenvalue weighted by molar-refractivity contribution is 9.10. The van der Waals surface area contributed by atoms with Gasteiger partial charge in [0.2, 0.25) is 0 Å². The van der Waals surface area contributed by atoms with Crippen molar-refractivity contribution in [1.29, 1.82) is 0 Å². The van der Waals surface area contributed by atoms with Crippen LogP contribution in [0.25, 0.3) is 0 Å². The minimum absolute atomic E-state index is 0.0609. The molecule has 1 aromatic heterocycles. The molecule has 0 aliphatic carbocycles. The van der Waals surface area contributed by atoms with Crippen molar-refractivity contribution in [3.05, 3.63) is 55.1 Å². The second-order valence-electron chi connectivity index (χ2n) is 3.92. The maximum absolute atomic E-state index is 12.2. The molecular formula is C14H12BrClOS. The first-order valence-corrected chi connectivity index (χ1v) is 7.65. The number of halogens is 2. The number of aryl methyl sites for hydroxylation is 1. The highest BCUT2D eigenvalue weighted by Crippen LogP contribution is 2.27. The van der Waals surface area contributed by atoms with E-state index in [-0.39, 0.29) is 5.78 Å². The standard InChI is InChI=1S/C14H12BrClOS/c1-2-9-6-7-10(18-9)8-13(17)11-4-3-5-12(15)14(11)16/h3-7H,2,8H2,1H3. The van der Waals surface area contributed by atoms with Crippen molar-refractivity contribution in [2.24, 2.45) is 0 Å². The van der Waals surface area contributed by atoms with Crippen molar-refractivity contribution in [2.75, 3.05) is 0 Å². The molecule has 1 nitrogen and oxygen atoms in total. The zero-order valence-electron chi connectivity index (χ0n) is 9.87. The van der Waals surface area contributed by atoms with Gasteiger partial charge in [-0.15, -0.1) is 11.3 Å². The first kappa shape index (κ1) is 13.8. The summed E-state index contributed by atoms with van der Waals surface area (Å²) in [5.74, 6) is 0.0609. The van der Waals surface area contributed by atoms with E-state index in [4.69, 9.17) is 11.6 Å². The van der Waals surface area contributed by atoms with Crippen molar-refractivity contribution in [3.63, 3.8) is 0 Å². The Bertz CT molecular complexity index is 577. The van der Waals surface area contributed by atoms with E-state index in [0.717, 1.165) is 15.8 Å². The van der Waals surface area contributed by atoms with E-state index in [1.807, 2.05) is 18.2 Å². The third kappa shape index (κ3) is 3.02. The molecule has 0 N–H and O–H groups in total. The molecule has 1 heterocycles. The fraction of sp³-hybridized carbons (Fsp3) is 0.214. The quantitative estimate of drug-likeness (QED) is 0.701. The van der Waals surface area contributed by atoms with Crippen LogP contribution in [0.1, 0.15) is 27.0 Å². The van der Waals surface area contributed by atoms with Gasteiger partial charge in [-0.2, -0.15) is 0 Å². The molecule has 94 valence electrons. The maximum Gasteiger partial charge on any atom is 0.169 e. The molecular weight excluding hydrogens is 332 g/mol. The molecule has 0 fully saturated rings. The van der Waals surface area contributed by atoms with Crippen molar-refractivity contribution >= 4 is 44.7 Å². The normalized spacial score (nSPS) is 10.6. The van der Waals surface area contributed by atoms with Gasteiger partial charge in [0.05, 0.1) is 5.02 Å². The summed E-state index contributed by atoms with van der Waals surface area (Å²) in [7, 11) is 0. The Hall–Kier alpha value is -0.640. The summed E-state index contributed by atoms with van der Waals surface area (Å²) in [6.45, 7) is 2.11. The van der Waals surface area contributed by atoms with Crippen molar-refractivity contribution < 1.29 is 4.79 Å². The molecule has 0 unspecified atom stereocenters. The largest absolute Gasteiger partial charge is 0.294 e. The predicted octanol–water partition coefficient (Wildman–Crippen LogP) is 5.15. The number of rotatable bonds is 4. The summed E-state index contributed by atoms with van der Waals surface area (Å²) >= 11 is 11.1. The molecule has 4 heteroatoms. The zero-order valence-corrected chi connectivity index (χ0v) is 13.0.